The summed E-state index contributed by atoms with van der Waals surface area (Å²) in [5.74, 6) is -2.44. The third-order valence-electron chi connectivity index (χ3n) is 3.82. The lowest BCUT2D eigenvalue weighted by Crippen LogP contribution is -2.45. The second-order valence-corrected chi connectivity index (χ2v) is 8.30. The molecular formula is C18H12BrNO6S2. The average molecular weight is 482 g/mol. The Kier molecular flexibility index (Phi) is 6.01. The number of carboxylic acids is 2. The molecule has 10 heteroatoms. The number of thiocarbonyl (C=S) groups is 1. The maximum Gasteiger partial charge on any atom is 0.327 e. The number of aliphatic carboxylic acids is 2. The first-order chi connectivity index (χ1) is 13.3. The summed E-state index contributed by atoms with van der Waals surface area (Å²) in [7, 11) is 0. The van der Waals surface area contributed by atoms with Gasteiger partial charge >= 0.3 is 11.9 Å². The summed E-state index contributed by atoms with van der Waals surface area (Å²) in [5.41, 5.74) is 0.850. The molecule has 1 aromatic carbocycles. The maximum absolute atomic E-state index is 12.6. The average Bonchev–Trinajstić information content (AvgIpc) is 3.19. The molecule has 1 aliphatic rings. The molecule has 2 heterocycles. The molecule has 7 nitrogen and oxygen atoms in total. The number of carbonyl (C=O) groups is 3. The van der Waals surface area contributed by atoms with Crippen LogP contribution in [0.15, 0.2) is 50.2 Å². The van der Waals surface area contributed by atoms with Crippen LogP contribution in [0.5, 0.6) is 0 Å². The SMILES string of the molecule is O=C(O)C[C@@H](C(=O)O)N1C(=O)/C(=C/c2ccc(-c3ccc(Br)cc3)o2)SC1=S. The summed E-state index contributed by atoms with van der Waals surface area (Å²) >= 11 is 9.35. The lowest BCUT2D eigenvalue weighted by atomic mass is 10.2. The minimum atomic E-state index is -1.56. The van der Waals surface area contributed by atoms with Crippen molar-refractivity contribution in [3.63, 3.8) is 0 Å². The largest absolute Gasteiger partial charge is 0.481 e. The van der Waals surface area contributed by atoms with Crippen LogP contribution in [-0.4, -0.2) is 43.3 Å². The standard InChI is InChI=1S/C18H12BrNO6S2/c19-10-3-1-9(2-4-10)13-6-5-11(26-13)7-14-16(23)20(18(27)28-14)12(17(24)25)8-15(21)22/h1-7,12H,8H2,(H,21,22)(H,24,25)/b14-7-/t12-/m0/s1. The molecule has 0 saturated carbocycles. The number of benzene rings is 1. The smallest absolute Gasteiger partial charge is 0.327 e. The zero-order valence-corrected chi connectivity index (χ0v) is 17.2. The number of rotatable bonds is 6. The normalized spacial score (nSPS) is 16.6. The van der Waals surface area contributed by atoms with Gasteiger partial charge in [0, 0.05) is 16.1 Å². The van der Waals surface area contributed by atoms with E-state index in [-0.39, 0.29) is 9.23 Å². The van der Waals surface area contributed by atoms with Gasteiger partial charge in [-0.1, -0.05) is 52.0 Å². The first-order valence-corrected chi connectivity index (χ1v) is 9.85. The Labute approximate surface area is 177 Å². The molecule has 28 heavy (non-hydrogen) atoms. The van der Waals surface area contributed by atoms with Crippen molar-refractivity contribution in [2.24, 2.45) is 0 Å². The predicted molar refractivity (Wildman–Crippen MR) is 111 cm³/mol. The first-order valence-electron chi connectivity index (χ1n) is 7.83. The van der Waals surface area contributed by atoms with Crippen LogP contribution in [-0.2, 0) is 14.4 Å². The molecular weight excluding hydrogens is 470 g/mol. The quantitative estimate of drug-likeness (QED) is 0.473. The fourth-order valence-electron chi connectivity index (χ4n) is 2.53. The van der Waals surface area contributed by atoms with Gasteiger partial charge in [-0.05, 0) is 24.3 Å². The number of amides is 1. The Morgan fingerprint density at radius 1 is 1.21 bits per heavy atom. The Morgan fingerprint density at radius 3 is 2.50 bits per heavy atom. The molecule has 0 bridgehead atoms. The van der Waals surface area contributed by atoms with Crippen molar-refractivity contribution in [3.05, 3.63) is 51.5 Å². The van der Waals surface area contributed by atoms with Gasteiger partial charge in [-0.25, -0.2) is 4.79 Å². The summed E-state index contributed by atoms with van der Waals surface area (Å²) in [4.78, 5) is 35.9. The fourth-order valence-corrected chi connectivity index (χ4v) is 4.13. The third kappa shape index (κ3) is 4.34. The molecule has 0 unspecified atom stereocenters. The highest BCUT2D eigenvalue weighted by molar-refractivity contribution is 9.10. The van der Waals surface area contributed by atoms with Gasteiger partial charge in [-0.15, -0.1) is 0 Å². The number of carboxylic acid groups (broad SMARTS) is 2. The topological polar surface area (TPSA) is 108 Å². The van der Waals surface area contributed by atoms with Crippen LogP contribution in [0.2, 0.25) is 0 Å². The van der Waals surface area contributed by atoms with E-state index in [4.69, 9.17) is 21.7 Å². The molecule has 3 rings (SSSR count). The van der Waals surface area contributed by atoms with Gasteiger partial charge in [0.1, 0.15) is 21.9 Å². The zero-order chi connectivity index (χ0) is 20.4. The molecule has 1 saturated heterocycles. The molecule has 2 aromatic rings. The van der Waals surface area contributed by atoms with E-state index in [9.17, 15) is 19.5 Å². The molecule has 1 atom stereocenters. The Bertz CT molecular complexity index is 998. The molecule has 0 aliphatic carbocycles. The van der Waals surface area contributed by atoms with E-state index in [1.807, 2.05) is 24.3 Å². The minimum Gasteiger partial charge on any atom is -0.481 e. The van der Waals surface area contributed by atoms with E-state index >= 15 is 0 Å². The number of furan rings is 1. The van der Waals surface area contributed by atoms with E-state index in [1.54, 1.807) is 12.1 Å². The van der Waals surface area contributed by atoms with Crippen molar-refractivity contribution in [2.45, 2.75) is 12.5 Å². The van der Waals surface area contributed by atoms with Gasteiger partial charge < -0.3 is 14.6 Å². The lowest BCUT2D eigenvalue weighted by molar-refractivity contribution is -0.150. The predicted octanol–water partition coefficient (Wildman–Crippen LogP) is 3.84. The van der Waals surface area contributed by atoms with E-state index in [2.05, 4.69) is 15.9 Å². The summed E-state index contributed by atoms with van der Waals surface area (Å²) in [6.45, 7) is 0. The molecule has 0 spiro atoms. The highest BCUT2D eigenvalue weighted by atomic mass is 79.9. The van der Waals surface area contributed by atoms with E-state index < -0.39 is 30.3 Å². The Balaban J connectivity index is 1.85. The van der Waals surface area contributed by atoms with Gasteiger partial charge in [0.15, 0.2) is 0 Å². The van der Waals surface area contributed by atoms with Crippen LogP contribution in [0.3, 0.4) is 0 Å². The van der Waals surface area contributed by atoms with Crippen LogP contribution >= 0.6 is 39.9 Å². The number of nitrogens with zero attached hydrogens (tertiary/aromatic N) is 1. The van der Waals surface area contributed by atoms with E-state index in [1.165, 1.54) is 6.08 Å². The van der Waals surface area contributed by atoms with Gasteiger partial charge in [0.2, 0.25) is 0 Å². The molecule has 2 N–H and O–H groups in total. The van der Waals surface area contributed by atoms with Crippen molar-refractivity contribution in [1.29, 1.82) is 0 Å². The van der Waals surface area contributed by atoms with Crippen molar-refractivity contribution in [3.8, 4) is 11.3 Å². The molecule has 144 valence electrons. The molecule has 0 radical (unpaired) electrons. The van der Waals surface area contributed by atoms with Crippen molar-refractivity contribution >= 4 is 68.2 Å². The molecule has 1 fully saturated rings. The zero-order valence-electron chi connectivity index (χ0n) is 14.0. The number of hydrogen-bond acceptors (Lipinski definition) is 6. The monoisotopic (exact) mass is 481 g/mol. The van der Waals surface area contributed by atoms with Crippen LogP contribution in [0.4, 0.5) is 0 Å². The van der Waals surface area contributed by atoms with Crippen LogP contribution in [0, 0.1) is 0 Å². The number of carbonyl (C=O) groups excluding carboxylic acids is 1. The Hall–Kier alpha value is -2.43. The summed E-state index contributed by atoms with van der Waals surface area (Å²) in [6, 6.07) is 9.35. The maximum atomic E-state index is 12.6. The third-order valence-corrected chi connectivity index (χ3v) is 5.68. The van der Waals surface area contributed by atoms with Gasteiger partial charge in [0.25, 0.3) is 5.91 Å². The molecule has 1 aliphatic heterocycles. The van der Waals surface area contributed by atoms with Crippen LogP contribution < -0.4 is 0 Å². The van der Waals surface area contributed by atoms with E-state index in [0.29, 0.717) is 11.5 Å². The van der Waals surface area contributed by atoms with Crippen molar-refractivity contribution < 1.29 is 29.0 Å². The highest BCUT2D eigenvalue weighted by Gasteiger charge is 2.41. The summed E-state index contributed by atoms with van der Waals surface area (Å²) in [5, 5.41) is 18.2. The van der Waals surface area contributed by atoms with Gasteiger partial charge in [-0.2, -0.15) is 0 Å². The van der Waals surface area contributed by atoms with Crippen LogP contribution in [0.1, 0.15) is 12.2 Å². The van der Waals surface area contributed by atoms with Crippen LogP contribution in [0.25, 0.3) is 17.4 Å². The van der Waals surface area contributed by atoms with Crippen molar-refractivity contribution in [2.75, 3.05) is 0 Å². The summed E-state index contributed by atoms with van der Waals surface area (Å²) < 4.78 is 6.66. The lowest BCUT2D eigenvalue weighted by Gasteiger charge is -2.21. The second kappa shape index (κ2) is 8.29. The van der Waals surface area contributed by atoms with E-state index in [0.717, 1.165) is 26.7 Å². The first kappa shape index (κ1) is 20.3. The Morgan fingerprint density at radius 2 is 1.89 bits per heavy atom. The second-order valence-electron chi connectivity index (χ2n) is 5.71. The highest BCUT2D eigenvalue weighted by Crippen LogP contribution is 2.35. The number of hydrogen-bond donors (Lipinski definition) is 2. The van der Waals surface area contributed by atoms with Gasteiger partial charge in [0.05, 0.1) is 11.3 Å². The summed E-state index contributed by atoms with van der Waals surface area (Å²) in [6.07, 6.45) is 0.713. The van der Waals surface area contributed by atoms with Crippen molar-refractivity contribution in [1.82, 2.24) is 4.90 Å². The molecule has 1 amide bonds. The number of thioether (sulfide) groups is 1. The van der Waals surface area contributed by atoms with Gasteiger partial charge in [-0.3, -0.25) is 14.5 Å². The number of halogens is 1. The fraction of sp³-hybridized carbons (Fsp3) is 0.111. The minimum absolute atomic E-state index is 0.00964. The molecule has 1 aromatic heterocycles.